The van der Waals surface area contributed by atoms with Gasteiger partial charge in [-0.05, 0) is 24.3 Å². The van der Waals surface area contributed by atoms with Crippen LogP contribution in [0.1, 0.15) is 15.9 Å². The summed E-state index contributed by atoms with van der Waals surface area (Å²) in [6.45, 7) is 5.08. The normalized spacial score (nSPS) is 15.0. The van der Waals surface area contributed by atoms with Crippen LogP contribution in [0.25, 0.3) is 10.9 Å². The van der Waals surface area contributed by atoms with E-state index < -0.39 is 0 Å². The van der Waals surface area contributed by atoms with Crippen molar-refractivity contribution < 1.29 is 13.9 Å². The van der Waals surface area contributed by atoms with Crippen LogP contribution in [0, 0.1) is 5.82 Å². The van der Waals surface area contributed by atoms with E-state index >= 15 is 0 Å². The number of amides is 1. The van der Waals surface area contributed by atoms with E-state index in [0.29, 0.717) is 24.2 Å². The number of fused-ring (bicyclic) bond motifs is 1. The average Bonchev–Trinajstić information content (AvgIpc) is 3.12. The molecule has 0 radical (unpaired) electrons. The molecule has 6 nitrogen and oxygen atoms in total. The lowest BCUT2D eigenvalue weighted by atomic mass is 10.1. The van der Waals surface area contributed by atoms with E-state index in [1.54, 1.807) is 28.9 Å². The lowest BCUT2D eigenvalue weighted by molar-refractivity contribution is 0.0383. The zero-order valence-electron chi connectivity index (χ0n) is 15.6. The van der Waals surface area contributed by atoms with Gasteiger partial charge in [0.25, 0.3) is 5.91 Å². The molecule has 1 amide bonds. The highest BCUT2D eigenvalue weighted by molar-refractivity contribution is 5.97. The molecule has 1 N–H and O–H groups in total. The first kappa shape index (κ1) is 18.6. The van der Waals surface area contributed by atoms with Crippen LogP contribution >= 0.6 is 0 Å². The van der Waals surface area contributed by atoms with E-state index in [1.807, 2.05) is 18.3 Å². The molecule has 4 rings (SSSR count). The quantitative estimate of drug-likeness (QED) is 0.711. The third kappa shape index (κ3) is 4.37. The van der Waals surface area contributed by atoms with Gasteiger partial charge in [-0.1, -0.05) is 18.2 Å². The fourth-order valence-corrected chi connectivity index (χ4v) is 3.35. The van der Waals surface area contributed by atoms with Crippen LogP contribution in [0.3, 0.4) is 0 Å². The molecule has 0 bridgehead atoms. The standard InChI is InChI=1S/C21H23FN4O2/c22-19-4-2-1-3-17(19)14-26-15-18-13-16(5-6-20(18)24-26)21(27)23-7-8-25-9-11-28-12-10-25/h1-6,13,15H,7-12,14H2,(H,23,27). The molecule has 7 heteroatoms. The van der Waals surface area contributed by atoms with E-state index in [2.05, 4.69) is 15.3 Å². The van der Waals surface area contributed by atoms with Gasteiger partial charge in [0.2, 0.25) is 0 Å². The largest absolute Gasteiger partial charge is 0.379 e. The number of carbonyl (C=O) groups is 1. The summed E-state index contributed by atoms with van der Waals surface area (Å²) >= 11 is 0. The van der Waals surface area contributed by atoms with E-state index in [0.717, 1.165) is 43.8 Å². The third-order valence-corrected chi connectivity index (χ3v) is 4.92. The minimum atomic E-state index is -0.248. The predicted octanol–water partition coefficient (Wildman–Crippen LogP) is 2.29. The summed E-state index contributed by atoms with van der Waals surface area (Å²) in [4.78, 5) is 14.7. The fourth-order valence-electron chi connectivity index (χ4n) is 3.35. The topological polar surface area (TPSA) is 59.4 Å². The molecule has 2 aromatic carbocycles. The van der Waals surface area contributed by atoms with Gasteiger partial charge in [-0.25, -0.2) is 4.39 Å². The number of carbonyl (C=O) groups excluding carboxylic acids is 1. The smallest absolute Gasteiger partial charge is 0.251 e. The number of morpholine rings is 1. The van der Waals surface area contributed by atoms with Gasteiger partial charge < -0.3 is 10.1 Å². The number of nitrogens with zero attached hydrogens (tertiary/aromatic N) is 3. The van der Waals surface area contributed by atoms with Crippen molar-refractivity contribution in [2.75, 3.05) is 39.4 Å². The van der Waals surface area contributed by atoms with Gasteiger partial charge in [-0.15, -0.1) is 0 Å². The lowest BCUT2D eigenvalue weighted by Gasteiger charge is -2.26. The number of halogens is 1. The van der Waals surface area contributed by atoms with Gasteiger partial charge in [0.1, 0.15) is 5.82 Å². The molecule has 28 heavy (non-hydrogen) atoms. The number of rotatable bonds is 6. The molecule has 0 spiro atoms. The van der Waals surface area contributed by atoms with Crippen LogP contribution in [0.5, 0.6) is 0 Å². The fraction of sp³-hybridized carbons (Fsp3) is 0.333. The van der Waals surface area contributed by atoms with Crippen LogP contribution < -0.4 is 5.32 Å². The Hall–Kier alpha value is -2.77. The van der Waals surface area contributed by atoms with Gasteiger partial charge in [0.15, 0.2) is 0 Å². The summed E-state index contributed by atoms with van der Waals surface area (Å²) in [6.07, 6.45) is 1.84. The summed E-state index contributed by atoms with van der Waals surface area (Å²) in [6, 6.07) is 12.1. The summed E-state index contributed by atoms with van der Waals surface area (Å²) in [5, 5.41) is 8.30. The minimum absolute atomic E-state index is 0.1000. The van der Waals surface area contributed by atoms with Crippen molar-refractivity contribution >= 4 is 16.8 Å². The maximum atomic E-state index is 13.8. The van der Waals surface area contributed by atoms with E-state index in [4.69, 9.17) is 4.74 Å². The number of nitrogens with one attached hydrogen (secondary N) is 1. The lowest BCUT2D eigenvalue weighted by Crippen LogP contribution is -2.41. The van der Waals surface area contributed by atoms with Crippen LogP contribution in [0.15, 0.2) is 48.7 Å². The minimum Gasteiger partial charge on any atom is -0.379 e. The molecule has 1 aliphatic heterocycles. The highest BCUT2D eigenvalue weighted by Gasteiger charge is 2.12. The van der Waals surface area contributed by atoms with Gasteiger partial charge in [0, 0.05) is 48.9 Å². The van der Waals surface area contributed by atoms with Crippen LogP contribution in [-0.4, -0.2) is 60.0 Å². The van der Waals surface area contributed by atoms with Gasteiger partial charge in [-0.2, -0.15) is 5.10 Å². The van der Waals surface area contributed by atoms with Crippen molar-refractivity contribution in [3.63, 3.8) is 0 Å². The van der Waals surface area contributed by atoms with Gasteiger partial charge >= 0.3 is 0 Å². The maximum absolute atomic E-state index is 13.8. The van der Waals surface area contributed by atoms with Gasteiger partial charge in [0.05, 0.1) is 25.3 Å². The van der Waals surface area contributed by atoms with E-state index in [1.165, 1.54) is 6.07 Å². The maximum Gasteiger partial charge on any atom is 0.251 e. The van der Waals surface area contributed by atoms with Crippen molar-refractivity contribution in [2.45, 2.75) is 6.54 Å². The molecule has 2 heterocycles. The zero-order chi connectivity index (χ0) is 19.3. The molecule has 0 atom stereocenters. The Bertz CT molecular complexity index is 966. The summed E-state index contributed by atoms with van der Waals surface area (Å²) in [5.74, 6) is -0.348. The summed E-state index contributed by atoms with van der Waals surface area (Å²) in [5.41, 5.74) is 1.96. The first-order valence-corrected chi connectivity index (χ1v) is 9.48. The molecule has 146 valence electrons. The molecule has 1 aliphatic rings. The second-order valence-electron chi connectivity index (χ2n) is 6.90. The number of ether oxygens (including phenoxy) is 1. The predicted molar refractivity (Wildman–Crippen MR) is 105 cm³/mol. The Balaban J connectivity index is 1.39. The molecule has 3 aromatic rings. The van der Waals surface area contributed by atoms with Crippen molar-refractivity contribution in [2.24, 2.45) is 0 Å². The van der Waals surface area contributed by atoms with Crippen molar-refractivity contribution in [1.82, 2.24) is 20.0 Å². The second-order valence-corrected chi connectivity index (χ2v) is 6.90. The van der Waals surface area contributed by atoms with E-state index in [-0.39, 0.29) is 11.7 Å². The summed E-state index contributed by atoms with van der Waals surface area (Å²) < 4.78 is 20.9. The van der Waals surface area contributed by atoms with Crippen molar-refractivity contribution in [3.8, 4) is 0 Å². The molecular weight excluding hydrogens is 359 g/mol. The number of aromatic nitrogens is 2. The second kappa shape index (κ2) is 8.50. The third-order valence-electron chi connectivity index (χ3n) is 4.92. The molecule has 1 saturated heterocycles. The number of hydrogen-bond acceptors (Lipinski definition) is 4. The molecular formula is C21H23FN4O2. The van der Waals surface area contributed by atoms with E-state index in [9.17, 15) is 9.18 Å². The number of hydrogen-bond donors (Lipinski definition) is 1. The first-order valence-electron chi connectivity index (χ1n) is 9.48. The van der Waals surface area contributed by atoms with Crippen molar-refractivity contribution in [3.05, 3.63) is 65.6 Å². The van der Waals surface area contributed by atoms with Crippen molar-refractivity contribution in [1.29, 1.82) is 0 Å². The monoisotopic (exact) mass is 382 g/mol. The first-order chi connectivity index (χ1) is 13.7. The Morgan fingerprint density at radius 1 is 1.18 bits per heavy atom. The molecule has 1 fully saturated rings. The average molecular weight is 382 g/mol. The zero-order valence-corrected chi connectivity index (χ0v) is 15.6. The van der Waals surface area contributed by atoms with Gasteiger partial charge in [-0.3, -0.25) is 14.4 Å². The van der Waals surface area contributed by atoms with Crippen LogP contribution in [0.4, 0.5) is 4.39 Å². The summed E-state index contributed by atoms with van der Waals surface area (Å²) in [7, 11) is 0. The van der Waals surface area contributed by atoms with Crippen LogP contribution in [-0.2, 0) is 11.3 Å². The van der Waals surface area contributed by atoms with Crippen LogP contribution in [0.2, 0.25) is 0 Å². The highest BCUT2D eigenvalue weighted by atomic mass is 19.1. The molecule has 0 unspecified atom stereocenters. The Morgan fingerprint density at radius 2 is 2.00 bits per heavy atom. The Kier molecular flexibility index (Phi) is 5.64. The Morgan fingerprint density at radius 3 is 2.82 bits per heavy atom. The number of benzene rings is 2. The molecule has 0 aliphatic carbocycles. The highest BCUT2D eigenvalue weighted by Crippen LogP contribution is 2.16. The molecule has 1 aromatic heterocycles. The SMILES string of the molecule is O=C(NCCN1CCOCC1)c1ccc2nn(Cc3ccccc3F)cc2c1. The molecule has 0 saturated carbocycles. The Labute approximate surface area is 162 Å².